The molecule has 10 nitrogen and oxygen atoms in total. The number of ether oxygens (including phenoxy) is 1. The first kappa shape index (κ1) is 25.7. The van der Waals surface area contributed by atoms with Gasteiger partial charge in [0.1, 0.15) is 16.5 Å². The van der Waals surface area contributed by atoms with E-state index in [0.29, 0.717) is 11.3 Å². The van der Waals surface area contributed by atoms with Crippen LogP contribution in [0.4, 0.5) is 11.4 Å². The summed E-state index contributed by atoms with van der Waals surface area (Å²) in [5, 5.41) is 23.0. The van der Waals surface area contributed by atoms with Crippen LogP contribution in [0.5, 0.6) is 11.5 Å². The van der Waals surface area contributed by atoms with Gasteiger partial charge in [-0.25, -0.2) is 0 Å². The molecule has 0 aliphatic rings. The fraction of sp³-hybridized carbons (Fsp3) is 0.0435. The lowest BCUT2D eigenvalue weighted by Gasteiger charge is -2.11. The molecule has 0 atom stereocenters. The molecule has 0 spiro atoms. The van der Waals surface area contributed by atoms with Crippen LogP contribution >= 0.6 is 22.6 Å². The van der Waals surface area contributed by atoms with Crippen LogP contribution in [0.3, 0.4) is 0 Å². The molecule has 1 N–H and O–H groups in total. The Morgan fingerprint density at radius 1 is 1.11 bits per heavy atom. The van der Waals surface area contributed by atoms with Crippen molar-refractivity contribution in [1.29, 1.82) is 5.26 Å². The number of methoxy groups -OCH3 is 1. The average molecular weight is 605 g/mol. The maximum absolute atomic E-state index is 12.6. The first-order chi connectivity index (χ1) is 16.6. The lowest BCUT2D eigenvalue weighted by atomic mass is 10.1. The number of carbonyl (C=O) groups excluding carboxylic acids is 1. The Hall–Kier alpha value is -3.96. The number of non-ortho nitro benzene ring substituents is 1. The molecule has 0 heterocycles. The van der Waals surface area contributed by atoms with Crippen molar-refractivity contribution in [2.24, 2.45) is 0 Å². The largest absolute Gasteiger partial charge is 0.493 e. The highest BCUT2D eigenvalue weighted by atomic mass is 127. The zero-order chi connectivity index (χ0) is 25.6. The van der Waals surface area contributed by atoms with Crippen molar-refractivity contribution in [2.75, 3.05) is 12.4 Å². The molecule has 0 fully saturated rings. The smallest absolute Gasteiger partial charge is 0.339 e. The van der Waals surface area contributed by atoms with Crippen LogP contribution in [0.2, 0.25) is 0 Å². The van der Waals surface area contributed by atoms with E-state index in [-0.39, 0.29) is 17.1 Å². The predicted octanol–water partition coefficient (Wildman–Crippen LogP) is 4.52. The van der Waals surface area contributed by atoms with E-state index in [1.165, 1.54) is 37.5 Å². The van der Waals surface area contributed by atoms with Crippen LogP contribution in [-0.4, -0.2) is 26.4 Å². The van der Waals surface area contributed by atoms with Gasteiger partial charge in [-0.05, 0) is 70.6 Å². The lowest BCUT2D eigenvalue weighted by molar-refractivity contribution is -0.385. The van der Waals surface area contributed by atoms with Crippen molar-refractivity contribution >= 4 is 56.1 Å². The number of nitrogens with zero attached hydrogens (tertiary/aromatic N) is 2. The number of nitriles is 1. The molecule has 3 aromatic carbocycles. The normalized spacial score (nSPS) is 11.3. The highest BCUT2D eigenvalue weighted by Crippen LogP contribution is 2.32. The van der Waals surface area contributed by atoms with Crippen molar-refractivity contribution < 1.29 is 27.1 Å². The molecule has 12 heteroatoms. The molecule has 0 aromatic heterocycles. The molecular formula is C23H16IN3O7S. The summed E-state index contributed by atoms with van der Waals surface area (Å²) in [4.78, 5) is 22.3. The second kappa shape index (κ2) is 11.0. The fourth-order valence-electron chi connectivity index (χ4n) is 2.84. The predicted molar refractivity (Wildman–Crippen MR) is 135 cm³/mol. The van der Waals surface area contributed by atoms with Gasteiger partial charge in [0.15, 0.2) is 11.5 Å². The van der Waals surface area contributed by atoms with Crippen molar-refractivity contribution in [2.45, 2.75) is 4.90 Å². The Bertz CT molecular complexity index is 1480. The van der Waals surface area contributed by atoms with Gasteiger partial charge < -0.3 is 14.2 Å². The first-order valence-corrected chi connectivity index (χ1v) is 12.2. The molecule has 0 aliphatic carbocycles. The van der Waals surface area contributed by atoms with Crippen molar-refractivity contribution in [1.82, 2.24) is 0 Å². The SMILES string of the molecule is COc1cc(/C=C(\C#N)C(=O)Nc2cccc(I)c2)ccc1OS(=O)(=O)c1cccc([N+](=O)[O-])c1. The van der Waals surface area contributed by atoms with E-state index in [9.17, 15) is 28.6 Å². The zero-order valence-corrected chi connectivity index (χ0v) is 20.9. The van der Waals surface area contributed by atoms with Crippen LogP contribution < -0.4 is 14.2 Å². The number of carbonyl (C=O) groups is 1. The van der Waals surface area contributed by atoms with Gasteiger partial charge >= 0.3 is 10.1 Å². The number of halogens is 1. The standard InChI is InChI=1S/C23H16IN3O7S/c1-33-22-11-15(10-16(14-25)23(28)26-18-5-2-4-17(24)12-18)8-9-21(22)34-35(31,32)20-7-3-6-19(13-20)27(29)30/h2-13H,1H3,(H,26,28)/b16-10+. The van der Waals surface area contributed by atoms with Gasteiger partial charge in [-0.15, -0.1) is 0 Å². The number of nitro benzene ring substituents is 1. The molecule has 3 aromatic rings. The van der Waals surface area contributed by atoms with E-state index in [2.05, 4.69) is 27.9 Å². The summed E-state index contributed by atoms with van der Waals surface area (Å²) in [7, 11) is -3.13. The van der Waals surface area contributed by atoms with E-state index in [1.807, 2.05) is 12.1 Å². The van der Waals surface area contributed by atoms with Gasteiger partial charge in [0.2, 0.25) is 0 Å². The molecular weight excluding hydrogens is 589 g/mol. The third kappa shape index (κ3) is 6.55. The number of nitro groups is 1. The second-order valence-electron chi connectivity index (χ2n) is 6.84. The Balaban J connectivity index is 1.86. The monoisotopic (exact) mass is 605 g/mol. The van der Waals surface area contributed by atoms with Gasteiger partial charge in [-0.2, -0.15) is 13.7 Å². The van der Waals surface area contributed by atoms with Gasteiger partial charge in [0, 0.05) is 21.4 Å². The molecule has 0 saturated carbocycles. The van der Waals surface area contributed by atoms with Gasteiger partial charge in [-0.3, -0.25) is 14.9 Å². The highest BCUT2D eigenvalue weighted by Gasteiger charge is 2.22. The third-order valence-corrected chi connectivity index (χ3v) is 6.36. The summed E-state index contributed by atoms with van der Waals surface area (Å²) in [6.07, 6.45) is 1.31. The topological polar surface area (TPSA) is 149 Å². The van der Waals surface area contributed by atoms with E-state index < -0.39 is 31.5 Å². The summed E-state index contributed by atoms with van der Waals surface area (Å²) in [5.41, 5.74) is 0.297. The summed E-state index contributed by atoms with van der Waals surface area (Å²) in [5.74, 6) is -0.803. The van der Waals surface area contributed by atoms with Crippen LogP contribution in [0.25, 0.3) is 6.08 Å². The Morgan fingerprint density at radius 2 is 1.86 bits per heavy atom. The number of hydrogen-bond acceptors (Lipinski definition) is 8. The lowest BCUT2D eigenvalue weighted by Crippen LogP contribution is -2.13. The number of benzene rings is 3. The molecule has 0 saturated heterocycles. The van der Waals surface area contributed by atoms with Gasteiger partial charge in [-0.1, -0.05) is 18.2 Å². The molecule has 0 radical (unpaired) electrons. The van der Waals surface area contributed by atoms with Crippen LogP contribution in [0.1, 0.15) is 5.56 Å². The van der Waals surface area contributed by atoms with Gasteiger partial charge in [0.05, 0.1) is 12.0 Å². The fourth-order valence-corrected chi connectivity index (χ4v) is 4.37. The van der Waals surface area contributed by atoms with E-state index in [0.717, 1.165) is 21.8 Å². The molecule has 0 unspecified atom stereocenters. The maximum Gasteiger partial charge on any atom is 0.339 e. The minimum Gasteiger partial charge on any atom is -0.493 e. The first-order valence-electron chi connectivity index (χ1n) is 9.68. The zero-order valence-electron chi connectivity index (χ0n) is 18.0. The molecule has 0 bridgehead atoms. The Kier molecular flexibility index (Phi) is 8.05. The number of nitrogens with one attached hydrogen (secondary N) is 1. The van der Waals surface area contributed by atoms with Crippen LogP contribution in [0.15, 0.2) is 77.2 Å². The van der Waals surface area contributed by atoms with Crippen molar-refractivity contribution in [3.63, 3.8) is 0 Å². The van der Waals surface area contributed by atoms with E-state index in [4.69, 9.17) is 8.92 Å². The Labute approximate surface area is 214 Å². The Morgan fingerprint density at radius 3 is 2.51 bits per heavy atom. The molecule has 178 valence electrons. The molecule has 1 amide bonds. The summed E-state index contributed by atoms with van der Waals surface area (Å²) in [6.45, 7) is 0. The minimum atomic E-state index is -4.41. The molecule has 0 aliphatic heterocycles. The number of rotatable bonds is 8. The van der Waals surface area contributed by atoms with Crippen molar-refractivity contribution in [3.05, 3.63) is 91.6 Å². The number of amides is 1. The van der Waals surface area contributed by atoms with Crippen LogP contribution in [0, 0.1) is 25.0 Å². The molecule has 3 rings (SSSR count). The molecule has 35 heavy (non-hydrogen) atoms. The summed E-state index contributed by atoms with van der Waals surface area (Å²) < 4.78 is 36.5. The minimum absolute atomic E-state index is 0.00284. The third-order valence-electron chi connectivity index (χ3n) is 4.46. The van der Waals surface area contributed by atoms with E-state index in [1.54, 1.807) is 18.2 Å². The average Bonchev–Trinajstić information content (AvgIpc) is 2.83. The highest BCUT2D eigenvalue weighted by molar-refractivity contribution is 14.1. The number of anilines is 1. The second-order valence-corrected chi connectivity index (χ2v) is 9.63. The van der Waals surface area contributed by atoms with Gasteiger partial charge in [0.25, 0.3) is 11.6 Å². The number of hydrogen-bond donors (Lipinski definition) is 1. The quantitative estimate of drug-likeness (QED) is 0.0984. The van der Waals surface area contributed by atoms with Crippen molar-refractivity contribution in [3.8, 4) is 17.6 Å². The summed E-state index contributed by atoms with van der Waals surface area (Å²) >= 11 is 2.10. The van der Waals surface area contributed by atoms with E-state index >= 15 is 0 Å². The maximum atomic E-state index is 12.6. The van der Waals surface area contributed by atoms with Crippen LogP contribution in [-0.2, 0) is 14.9 Å². The summed E-state index contributed by atoms with van der Waals surface area (Å²) in [6, 6.07) is 17.4.